The molecule has 0 spiro atoms. The molecule has 2 atom stereocenters. The highest BCUT2D eigenvalue weighted by molar-refractivity contribution is 7.99. The van der Waals surface area contributed by atoms with Crippen molar-refractivity contribution < 1.29 is 9.59 Å². The van der Waals surface area contributed by atoms with Gasteiger partial charge in [0.2, 0.25) is 5.91 Å². The molecule has 1 fully saturated rings. The van der Waals surface area contributed by atoms with Gasteiger partial charge in [-0.25, -0.2) is 0 Å². The van der Waals surface area contributed by atoms with Crippen LogP contribution in [0.4, 0.5) is 0 Å². The lowest BCUT2D eigenvalue weighted by atomic mass is 9.90. The Morgan fingerprint density at radius 3 is 2.79 bits per heavy atom. The van der Waals surface area contributed by atoms with E-state index in [2.05, 4.69) is 18.3 Å². The van der Waals surface area contributed by atoms with Gasteiger partial charge < -0.3 is 10.2 Å². The molecule has 1 aromatic heterocycles. The molecule has 0 bridgehead atoms. The largest absolute Gasteiger partial charge is 0.350 e. The summed E-state index contributed by atoms with van der Waals surface area (Å²) in [6.07, 6.45) is 3.36. The molecule has 0 aromatic carbocycles. The van der Waals surface area contributed by atoms with Gasteiger partial charge in [0.15, 0.2) is 0 Å². The summed E-state index contributed by atoms with van der Waals surface area (Å²) in [6.45, 7) is 8.17. The molecule has 0 radical (unpaired) electrons. The van der Waals surface area contributed by atoms with Crippen molar-refractivity contribution in [1.29, 1.82) is 0 Å². The Hall–Kier alpha value is -1.01. The monoisotopic (exact) mass is 366 g/mol. The highest BCUT2D eigenvalue weighted by Gasteiger charge is 2.37. The molecule has 2 unspecified atom stereocenters. The number of nitrogens with zero attached hydrogens (tertiary/aromatic N) is 1. The molecule has 0 saturated carbocycles. The molecule has 132 valence electrons. The molecule has 6 heteroatoms. The minimum absolute atomic E-state index is 0.0149. The average Bonchev–Trinajstić information content (AvgIpc) is 3.10. The molecule has 1 saturated heterocycles. The summed E-state index contributed by atoms with van der Waals surface area (Å²) < 4.78 is 0. The maximum absolute atomic E-state index is 13.0. The van der Waals surface area contributed by atoms with Gasteiger partial charge in [-0.1, -0.05) is 6.92 Å². The van der Waals surface area contributed by atoms with E-state index < -0.39 is 0 Å². The van der Waals surface area contributed by atoms with Crippen molar-refractivity contribution in [2.24, 2.45) is 5.92 Å². The highest BCUT2D eigenvalue weighted by Crippen LogP contribution is 2.34. The first-order valence-electron chi connectivity index (χ1n) is 8.57. The van der Waals surface area contributed by atoms with Gasteiger partial charge in [0, 0.05) is 16.2 Å². The second kappa shape index (κ2) is 6.71. The number of aryl methyl sites for hydroxylation is 1. The number of thiophene rings is 1. The van der Waals surface area contributed by atoms with Crippen LogP contribution in [0.1, 0.15) is 54.2 Å². The average molecular weight is 367 g/mol. The molecule has 1 aliphatic carbocycles. The first-order chi connectivity index (χ1) is 11.2. The Morgan fingerprint density at radius 1 is 1.33 bits per heavy atom. The number of rotatable bonds is 2. The lowest BCUT2D eigenvalue weighted by Gasteiger charge is -2.27. The van der Waals surface area contributed by atoms with E-state index in [0.29, 0.717) is 17.5 Å². The zero-order chi connectivity index (χ0) is 17.5. The zero-order valence-electron chi connectivity index (χ0n) is 14.8. The molecular formula is C18H26N2O2S2. The van der Waals surface area contributed by atoms with Crippen LogP contribution in [0, 0.1) is 5.92 Å². The van der Waals surface area contributed by atoms with Crippen molar-refractivity contribution >= 4 is 34.9 Å². The standard InChI is InChI=1S/C18H26N2O2S2/c1-11-5-6-14-12(7-11)8-15(24-14)17(22)20-10-23-9-13(20)16(21)19-18(2,3)4/h8,11,13H,5-7,9-10H2,1-4H3,(H,19,21). The smallest absolute Gasteiger partial charge is 0.265 e. The third-order valence-electron chi connectivity index (χ3n) is 4.48. The Labute approximate surface area is 152 Å². The van der Waals surface area contributed by atoms with Gasteiger partial charge in [0.05, 0.1) is 10.8 Å². The Morgan fingerprint density at radius 2 is 2.08 bits per heavy atom. The zero-order valence-corrected chi connectivity index (χ0v) is 16.5. The van der Waals surface area contributed by atoms with Crippen LogP contribution in [0.3, 0.4) is 0 Å². The topological polar surface area (TPSA) is 49.4 Å². The van der Waals surface area contributed by atoms with E-state index in [1.807, 2.05) is 20.8 Å². The molecule has 2 amide bonds. The molecule has 2 aliphatic rings. The normalized spacial score (nSPS) is 23.9. The Balaban J connectivity index is 1.75. The molecule has 1 aromatic rings. The van der Waals surface area contributed by atoms with E-state index in [1.165, 1.54) is 16.9 Å². The number of hydrogen-bond acceptors (Lipinski definition) is 4. The number of hydrogen-bond donors (Lipinski definition) is 1. The number of carbonyl (C=O) groups excluding carboxylic acids is 2. The lowest BCUT2D eigenvalue weighted by molar-refractivity contribution is -0.125. The molecule has 2 heterocycles. The maximum atomic E-state index is 13.0. The fourth-order valence-electron chi connectivity index (χ4n) is 3.27. The summed E-state index contributed by atoms with van der Waals surface area (Å²) in [7, 11) is 0. The minimum atomic E-state index is -0.361. The fourth-order valence-corrected chi connectivity index (χ4v) is 5.58. The number of nitrogens with one attached hydrogen (secondary N) is 1. The fraction of sp³-hybridized carbons (Fsp3) is 0.667. The number of thioether (sulfide) groups is 1. The first kappa shape index (κ1) is 17.8. The Kier molecular flexibility index (Phi) is 4.98. The molecule has 3 rings (SSSR count). The molecule has 24 heavy (non-hydrogen) atoms. The summed E-state index contributed by atoms with van der Waals surface area (Å²) in [5.41, 5.74) is 1.06. The Bertz CT molecular complexity index is 648. The summed E-state index contributed by atoms with van der Waals surface area (Å²) in [5, 5.41) is 3.01. The third kappa shape index (κ3) is 3.80. The predicted octanol–water partition coefficient (Wildman–Crippen LogP) is 3.30. The molecule has 4 nitrogen and oxygen atoms in total. The van der Waals surface area contributed by atoms with Gasteiger partial charge in [-0.15, -0.1) is 23.1 Å². The van der Waals surface area contributed by atoms with Gasteiger partial charge in [-0.05, 0) is 57.6 Å². The van der Waals surface area contributed by atoms with E-state index in [9.17, 15) is 9.59 Å². The number of fused-ring (bicyclic) bond motifs is 1. The van der Waals surface area contributed by atoms with E-state index in [4.69, 9.17) is 0 Å². The highest BCUT2D eigenvalue weighted by atomic mass is 32.2. The van der Waals surface area contributed by atoms with Gasteiger partial charge in [0.1, 0.15) is 6.04 Å². The van der Waals surface area contributed by atoms with Gasteiger partial charge in [-0.3, -0.25) is 9.59 Å². The van der Waals surface area contributed by atoms with Crippen LogP contribution >= 0.6 is 23.1 Å². The van der Waals surface area contributed by atoms with Crippen molar-refractivity contribution in [1.82, 2.24) is 10.2 Å². The second-order valence-electron chi connectivity index (χ2n) is 7.94. The molecular weight excluding hydrogens is 340 g/mol. The maximum Gasteiger partial charge on any atom is 0.265 e. The molecule has 1 N–H and O–H groups in total. The third-order valence-corrected chi connectivity index (χ3v) is 6.72. The molecule has 1 aliphatic heterocycles. The minimum Gasteiger partial charge on any atom is -0.350 e. The van der Waals surface area contributed by atoms with Crippen molar-refractivity contribution in [3.8, 4) is 0 Å². The van der Waals surface area contributed by atoms with Crippen LogP contribution in [-0.2, 0) is 17.6 Å². The summed E-state index contributed by atoms with van der Waals surface area (Å²) in [5.74, 6) is 1.94. The van der Waals surface area contributed by atoms with Crippen LogP contribution < -0.4 is 5.32 Å². The number of carbonyl (C=O) groups is 2. The predicted molar refractivity (Wildman–Crippen MR) is 101 cm³/mol. The van der Waals surface area contributed by atoms with Crippen LogP contribution in [0.2, 0.25) is 0 Å². The number of amides is 2. The van der Waals surface area contributed by atoms with Crippen LogP contribution in [0.15, 0.2) is 6.07 Å². The van der Waals surface area contributed by atoms with Crippen LogP contribution in [0.25, 0.3) is 0 Å². The lowest BCUT2D eigenvalue weighted by Crippen LogP contribution is -2.52. The van der Waals surface area contributed by atoms with Gasteiger partial charge in [0.25, 0.3) is 5.91 Å². The van der Waals surface area contributed by atoms with Crippen molar-refractivity contribution in [3.63, 3.8) is 0 Å². The van der Waals surface area contributed by atoms with Crippen molar-refractivity contribution in [3.05, 3.63) is 21.4 Å². The second-order valence-corrected chi connectivity index (χ2v) is 10.1. The van der Waals surface area contributed by atoms with Crippen molar-refractivity contribution in [2.45, 2.75) is 58.5 Å². The van der Waals surface area contributed by atoms with Crippen LogP contribution in [-0.4, -0.2) is 39.9 Å². The van der Waals surface area contributed by atoms with E-state index >= 15 is 0 Å². The van der Waals surface area contributed by atoms with Gasteiger partial charge in [-0.2, -0.15) is 0 Å². The van der Waals surface area contributed by atoms with Crippen LogP contribution in [0.5, 0.6) is 0 Å². The van der Waals surface area contributed by atoms with E-state index in [1.54, 1.807) is 28.0 Å². The quantitative estimate of drug-likeness (QED) is 0.874. The van der Waals surface area contributed by atoms with E-state index in [-0.39, 0.29) is 23.4 Å². The van der Waals surface area contributed by atoms with Gasteiger partial charge >= 0.3 is 0 Å². The van der Waals surface area contributed by atoms with E-state index in [0.717, 1.165) is 17.7 Å². The summed E-state index contributed by atoms with van der Waals surface area (Å²) >= 11 is 3.28. The SMILES string of the molecule is CC1CCc2sc(C(=O)N3CSCC3C(=O)NC(C)(C)C)cc2C1. The first-order valence-corrected chi connectivity index (χ1v) is 10.5. The van der Waals surface area contributed by atoms with Crippen molar-refractivity contribution in [2.75, 3.05) is 11.6 Å². The summed E-state index contributed by atoms with van der Waals surface area (Å²) in [6, 6.07) is 1.71. The summed E-state index contributed by atoms with van der Waals surface area (Å²) in [4.78, 5) is 29.4.